The van der Waals surface area contributed by atoms with E-state index in [1.54, 1.807) is 6.20 Å². The Kier molecular flexibility index (Phi) is 5.07. The van der Waals surface area contributed by atoms with Crippen molar-refractivity contribution in [2.45, 2.75) is 33.6 Å². The molecule has 2 aromatic rings. The quantitative estimate of drug-likeness (QED) is 0.938. The summed E-state index contributed by atoms with van der Waals surface area (Å²) in [5.74, 6) is 0.0115. The minimum Gasteiger partial charge on any atom is -0.326 e. The number of nitrogens with one attached hydrogen (secondary N) is 1. The highest BCUT2D eigenvalue weighted by molar-refractivity contribution is 5.89. The molecule has 1 aromatic heterocycles. The van der Waals surface area contributed by atoms with E-state index in [1.165, 1.54) is 13.3 Å². The van der Waals surface area contributed by atoms with Crippen molar-refractivity contribution in [3.8, 4) is 6.07 Å². The van der Waals surface area contributed by atoms with Crippen LogP contribution < -0.4 is 5.32 Å². The lowest BCUT2D eigenvalue weighted by atomic mass is 9.81. The van der Waals surface area contributed by atoms with Gasteiger partial charge in [-0.2, -0.15) is 5.26 Å². The van der Waals surface area contributed by atoms with Gasteiger partial charge in [-0.15, -0.1) is 0 Å². The van der Waals surface area contributed by atoms with Gasteiger partial charge in [0.05, 0.1) is 0 Å². The molecule has 2 rings (SSSR count). The molecule has 0 spiro atoms. The minimum absolute atomic E-state index is 0.0763. The summed E-state index contributed by atoms with van der Waals surface area (Å²) in [5, 5.41) is 12.2. The molecule has 0 aliphatic rings. The number of aromatic nitrogens is 2. The lowest BCUT2D eigenvalue weighted by Crippen LogP contribution is -2.16. The Balaban J connectivity index is 2.65. The summed E-state index contributed by atoms with van der Waals surface area (Å²) in [4.78, 5) is 19.7. The number of nitrogens with zero attached hydrogens (tertiary/aromatic N) is 3. The van der Waals surface area contributed by atoms with E-state index >= 15 is 0 Å². The zero-order valence-electron chi connectivity index (χ0n) is 13.8. The molecule has 5 heteroatoms. The van der Waals surface area contributed by atoms with Crippen LogP contribution in [0.3, 0.4) is 0 Å². The summed E-state index contributed by atoms with van der Waals surface area (Å²) in [7, 11) is 0. The van der Waals surface area contributed by atoms with Crippen LogP contribution in [-0.4, -0.2) is 15.9 Å². The van der Waals surface area contributed by atoms with E-state index in [9.17, 15) is 10.1 Å². The third-order valence-electron chi connectivity index (χ3n) is 3.70. The SMILES string of the molecule is CC(=O)Nc1ccc(C)cc1C(c1cncnc1C#N)C(C)C. The Morgan fingerprint density at radius 2 is 2.04 bits per heavy atom. The number of aryl methyl sites for hydroxylation is 1. The van der Waals surface area contributed by atoms with Crippen molar-refractivity contribution in [3.63, 3.8) is 0 Å². The molecule has 1 N–H and O–H groups in total. The second-order valence-corrected chi connectivity index (χ2v) is 5.93. The molecule has 0 radical (unpaired) electrons. The van der Waals surface area contributed by atoms with Crippen LogP contribution in [-0.2, 0) is 4.79 Å². The van der Waals surface area contributed by atoms with E-state index < -0.39 is 0 Å². The number of amides is 1. The molecule has 1 heterocycles. The van der Waals surface area contributed by atoms with Gasteiger partial charge in [0.2, 0.25) is 5.91 Å². The molecule has 118 valence electrons. The van der Waals surface area contributed by atoms with Crippen molar-refractivity contribution >= 4 is 11.6 Å². The monoisotopic (exact) mass is 308 g/mol. The highest BCUT2D eigenvalue weighted by atomic mass is 16.1. The molecule has 0 saturated heterocycles. The Bertz CT molecular complexity index is 762. The molecular formula is C18H20N4O. The maximum Gasteiger partial charge on any atom is 0.221 e. The average molecular weight is 308 g/mol. The fourth-order valence-corrected chi connectivity index (χ4v) is 2.79. The van der Waals surface area contributed by atoms with E-state index in [2.05, 4.69) is 35.2 Å². The number of hydrogen-bond acceptors (Lipinski definition) is 4. The fraction of sp³-hybridized carbons (Fsp3) is 0.333. The predicted octanol–water partition coefficient (Wildman–Crippen LogP) is 3.40. The fourth-order valence-electron chi connectivity index (χ4n) is 2.79. The van der Waals surface area contributed by atoms with Crippen LogP contribution in [0.25, 0.3) is 0 Å². The number of carbonyl (C=O) groups is 1. The van der Waals surface area contributed by atoms with E-state index in [4.69, 9.17) is 0 Å². The maximum absolute atomic E-state index is 11.5. The van der Waals surface area contributed by atoms with Crippen molar-refractivity contribution in [3.05, 3.63) is 53.1 Å². The number of carbonyl (C=O) groups excluding carboxylic acids is 1. The molecule has 1 atom stereocenters. The van der Waals surface area contributed by atoms with Crippen molar-refractivity contribution in [2.75, 3.05) is 5.32 Å². The van der Waals surface area contributed by atoms with E-state index in [1.807, 2.05) is 25.1 Å². The summed E-state index contributed by atoms with van der Waals surface area (Å²) >= 11 is 0. The first-order valence-corrected chi connectivity index (χ1v) is 7.52. The molecule has 0 bridgehead atoms. The van der Waals surface area contributed by atoms with Gasteiger partial charge in [0, 0.05) is 30.3 Å². The van der Waals surface area contributed by atoms with E-state index in [0.29, 0.717) is 5.69 Å². The third-order valence-corrected chi connectivity index (χ3v) is 3.70. The van der Waals surface area contributed by atoms with Gasteiger partial charge in [0.15, 0.2) is 0 Å². The lowest BCUT2D eigenvalue weighted by Gasteiger charge is -2.25. The van der Waals surface area contributed by atoms with E-state index in [-0.39, 0.29) is 17.7 Å². The summed E-state index contributed by atoms with van der Waals surface area (Å²) in [5.41, 5.74) is 3.97. The molecule has 1 unspecified atom stereocenters. The van der Waals surface area contributed by atoms with Crippen LogP contribution in [0.2, 0.25) is 0 Å². The molecule has 5 nitrogen and oxygen atoms in total. The number of benzene rings is 1. The summed E-state index contributed by atoms with van der Waals surface area (Å²) in [6.45, 7) is 7.66. The first-order chi connectivity index (χ1) is 10.9. The predicted molar refractivity (Wildman–Crippen MR) is 88.9 cm³/mol. The zero-order chi connectivity index (χ0) is 17.0. The van der Waals surface area contributed by atoms with Gasteiger partial charge < -0.3 is 5.32 Å². The number of hydrogen-bond donors (Lipinski definition) is 1. The van der Waals surface area contributed by atoms with Crippen LogP contribution in [0.4, 0.5) is 5.69 Å². The molecule has 0 aliphatic heterocycles. The summed E-state index contributed by atoms with van der Waals surface area (Å²) in [6.07, 6.45) is 3.07. The van der Waals surface area contributed by atoms with Gasteiger partial charge in [0.1, 0.15) is 18.1 Å². The van der Waals surface area contributed by atoms with E-state index in [0.717, 1.165) is 22.4 Å². The Labute approximate surface area is 136 Å². The molecule has 23 heavy (non-hydrogen) atoms. The van der Waals surface area contributed by atoms with Crippen LogP contribution in [0.15, 0.2) is 30.7 Å². The van der Waals surface area contributed by atoms with Gasteiger partial charge in [0.25, 0.3) is 0 Å². The molecule has 0 saturated carbocycles. The largest absolute Gasteiger partial charge is 0.326 e. The first-order valence-electron chi connectivity index (χ1n) is 7.52. The van der Waals surface area contributed by atoms with Gasteiger partial charge in [-0.1, -0.05) is 31.5 Å². The normalized spacial score (nSPS) is 11.8. The van der Waals surface area contributed by atoms with Gasteiger partial charge in [-0.3, -0.25) is 4.79 Å². The second kappa shape index (κ2) is 7.01. The standard InChI is InChI=1S/C18H20N4O/c1-11(2)18(15-9-20-10-21-17(15)8-19)14-7-12(3)5-6-16(14)22-13(4)23/h5-7,9-11,18H,1-4H3,(H,22,23). The molecule has 1 aromatic carbocycles. The average Bonchev–Trinajstić information content (AvgIpc) is 2.50. The molecular weight excluding hydrogens is 288 g/mol. The molecule has 1 amide bonds. The highest BCUT2D eigenvalue weighted by Gasteiger charge is 2.25. The minimum atomic E-state index is -0.123. The van der Waals surface area contributed by atoms with Crippen molar-refractivity contribution in [1.29, 1.82) is 5.26 Å². The third kappa shape index (κ3) is 3.72. The summed E-state index contributed by atoms with van der Waals surface area (Å²) < 4.78 is 0. The smallest absolute Gasteiger partial charge is 0.221 e. The van der Waals surface area contributed by atoms with Crippen LogP contribution in [0, 0.1) is 24.2 Å². The second-order valence-electron chi connectivity index (χ2n) is 5.93. The van der Waals surface area contributed by atoms with Crippen LogP contribution in [0.1, 0.15) is 49.1 Å². The van der Waals surface area contributed by atoms with Gasteiger partial charge in [-0.25, -0.2) is 9.97 Å². The number of nitriles is 1. The Morgan fingerprint density at radius 1 is 1.30 bits per heavy atom. The summed E-state index contributed by atoms with van der Waals surface area (Å²) in [6, 6.07) is 8.04. The number of anilines is 1. The number of rotatable bonds is 4. The van der Waals surface area contributed by atoms with Crippen molar-refractivity contribution in [1.82, 2.24) is 9.97 Å². The van der Waals surface area contributed by atoms with Gasteiger partial charge in [-0.05, 0) is 24.5 Å². The van der Waals surface area contributed by atoms with Crippen LogP contribution >= 0.6 is 0 Å². The van der Waals surface area contributed by atoms with Gasteiger partial charge >= 0.3 is 0 Å². The van der Waals surface area contributed by atoms with Crippen molar-refractivity contribution < 1.29 is 4.79 Å². The maximum atomic E-state index is 11.5. The molecule has 0 aliphatic carbocycles. The van der Waals surface area contributed by atoms with Crippen molar-refractivity contribution in [2.24, 2.45) is 5.92 Å². The highest BCUT2D eigenvalue weighted by Crippen LogP contribution is 2.37. The zero-order valence-corrected chi connectivity index (χ0v) is 13.8. The lowest BCUT2D eigenvalue weighted by molar-refractivity contribution is -0.114. The Hall–Kier alpha value is -2.74. The topological polar surface area (TPSA) is 78.7 Å². The Morgan fingerprint density at radius 3 is 2.65 bits per heavy atom. The van der Waals surface area contributed by atoms with Crippen LogP contribution in [0.5, 0.6) is 0 Å². The molecule has 0 fully saturated rings. The first kappa shape index (κ1) is 16.6.